The minimum absolute atomic E-state index is 0.00174. The van der Waals surface area contributed by atoms with Gasteiger partial charge in [0, 0.05) is 13.6 Å². The standard InChI is InChI=1S/C30H25ClN4O3S2/c1-34(18-8-11-20-9-4-2-5-10-20)30-32-26(31)25(40-30)19-24-27(36)33-29(39)35(28(24)37)21-14-16-23(17-15-21)38-22-12-6-3-7-13-22/h2-7,9-10,12-17,19H,8,11,18H2,1H3,(H,33,36,39). The van der Waals surface area contributed by atoms with E-state index in [4.69, 9.17) is 28.6 Å². The predicted molar refractivity (Wildman–Crippen MR) is 164 cm³/mol. The summed E-state index contributed by atoms with van der Waals surface area (Å²) in [6.45, 7) is 0.778. The molecule has 0 aliphatic carbocycles. The van der Waals surface area contributed by atoms with Crippen LogP contribution in [0.5, 0.6) is 11.5 Å². The van der Waals surface area contributed by atoms with Crippen LogP contribution in [-0.2, 0) is 16.0 Å². The molecule has 0 radical (unpaired) electrons. The summed E-state index contributed by atoms with van der Waals surface area (Å²) in [5, 5.41) is 3.53. The second kappa shape index (κ2) is 12.4. The summed E-state index contributed by atoms with van der Waals surface area (Å²) in [5.41, 5.74) is 1.69. The zero-order chi connectivity index (χ0) is 28.1. The van der Waals surface area contributed by atoms with Crippen molar-refractivity contribution in [2.45, 2.75) is 12.8 Å². The van der Waals surface area contributed by atoms with Crippen molar-refractivity contribution in [2.75, 3.05) is 23.4 Å². The summed E-state index contributed by atoms with van der Waals surface area (Å²) in [4.78, 5) is 34.5. The van der Waals surface area contributed by atoms with Crippen molar-refractivity contribution in [3.8, 4) is 11.5 Å². The number of amides is 2. The van der Waals surface area contributed by atoms with Gasteiger partial charge in [0.25, 0.3) is 11.8 Å². The second-order valence-electron chi connectivity index (χ2n) is 9.03. The minimum atomic E-state index is -0.586. The maximum Gasteiger partial charge on any atom is 0.270 e. The molecule has 7 nitrogen and oxygen atoms in total. The smallest absolute Gasteiger partial charge is 0.270 e. The Balaban J connectivity index is 1.30. The number of thiazole rings is 1. The van der Waals surface area contributed by atoms with E-state index in [1.807, 2.05) is 60.5 Å². The number of ether oxygens (including phenoxy) is 1. The van der Waals surface area contributed by atoms with E-state index in [1.54, 1.807) is 24.3 Å². The van der Waals surface area contributed by atoms with Gasteiger partial charge in [0.1, 0.15) is 22.2 Å². The average molecular weight is 589 g/mol. The number of nitrogens with one attached hydrogen (secondary N) is 1. The molecule has 10 heteroatoms. The first-order valence-corrected chi connectivity index (χ1v) is 14.1. The van der Waals surface area contributed by atoms with Crippen molar-refractivity contribution in [2.24, 2.45) is 0 Å². The van der Waals surface area contributed by atoms with Crippen LogP contribution in [0.1, 0.15) is 16.9 Å². The molecular formula is C30H25ClN4O3S2. The molecule has 0 spiro atoms. The Bertz CT molecular complexity index is 1560. The number of thiocarbonyl (C=S) groups is 1. The fourth-order valence-electron chi connectivity index (χ4n) is 4.13. The van der Waals surface area contributed by atoms with E-state index < -0.39 is 11.8 Å². The molecule has 202 valence electrons. The Morgan fingerprint density at radius 2 is 1.65 bits per heavy atom. The minimum Gasteiger partial charge on any atom is -0.457 e. The van der Waals surface area contributed by atoms with Gasteiger partial charge in [-0.2, -0.15) is 0 Å². The van der Waals surface area contributed by atoms with Crippen LogP contribution >= 0.6 is 35.2 Å². The summed E-state index contributed by atoms with van der Waals surface area (Å²) < 4.78 is 5.83. The molecule has 0 saturated carbocycles. The molecule has 1 fully saturated rings. The maximum absolute atomic E-state index is 13.5. The van der Waals surface area contributed by atoms with Crippen LogP contribution in [0.4, 0.5) is 10.8 Å². The van der Waals surface area contributed by atoms with Gasteiger partial charge in [-0.3, -0.25) is 19.8 Å². The van der Waals surface area contributed by atoms with Crippen molar-refractivity contribution >= 4 is 69.0 Å². The Hall–Kier alpha value is -4.05. The fourth-order valence-corrected chi connectivity index (χ4v) is 5.60. The van der Waals surface area contributed by atoms with E-state index in [0.717, 1.165) is 19.4 Å². The Labute approximate surface area is 246 Å². The fraction of sp³-hybridized carbons (Fsp3) is 0.133. The first-order chi connectivity index (χ1) is 19.4. The van der Waals surface area contributed by atoms with Gasteiger partial charge in [-0.25, -0.2) is 4.98 Å². The highest BCUT2D eigenvalue weighted by molar-refractivity contribution is 7.80. The van der Waals surface area contributed by atoms with E-state index in [0.29, 0.717) is 27.2 Å². The lowest BCUT2D eigenvalue weighted by molar-refractivity contribution is -0.122. The number of hydrogen-bond donors (Lipinski definition) is 1. The third-order valence-electron chi connectivity index (χ3n) is 6.18. The SMILES string of the molecule is CN(CCCc1ccccc1)c1nc(Cl)c(C=C2C(=O)NC(=S)N(c3ccc(Oc4ccccc4)cc3)C2=O)s1. The predicted octanol–water partition coefficient (Wildman–Crippen LogP) is 6.49. The maximum atomic E-state index is 13.5. The summed E-state index contributed by atoms with van der Waals surface area (Å²) in [6.07, 6.45) is 3.36. The first kappa shape index (κ1) is 27.5. The van der Waals surface area contributed by atoms with E-state index in [-0.39, 0.29) is 15.8 Å². The third-order valence-corrected chi connectivity index (χ3v) is 7.98. The molecule has 1 aliphatic heterocycles. The van der Waals surface area contributed by atoms with Crippen LogP contribution in [0.2, 0.25) is 5.15 Å². The van der Waals surface area contributed by atoms with Crippen molar-refractivity contribution in [3.05, 3.63) is 106 Å². The van der Waals surface area contributed by atoms with Gasteiger partial charge < -0.3 is 9.64 Å². The van der Waals surface area contributed by atoms with Gasteiger partial charge in [0.05, 0.1) is 10.6 Å². The summed E-state index contributed by atoms with van der Waals surface area (Å²) in [5.74, 6) is 0.159. The van der Waals surface area contributed by atoms with Crippen molar-refractivity contribution in [1.82, 2.24) is 10.3 Å². The topological polar surface area (TPSA) is 74.8 Å². The van der Waals surface area contributed by atoms with Crippen molar-refractivity contribution in [3.63, 3.8) is 0 Å². The van der Waals surface area contributed by atoms with E-state index in [2.05, 4.69) is 22.4 Å². The highest BCUT2D eigenvalue weighted by atomic mass is 35.5. The molecule has 1 saturated heterocycles. The van der Waals surface area contributed by atoms with Gasteiger partial charge in [-0.1, -0.05) is 71.5 Å². The molecule has 40 heavy (non-hydrogen) atoms. The van der Waals surface area contributed by atoms with Crippen LogP contribution in [0.15, 0.2) is 90.5 Å². The zero-order valence-electron chi connectivity index (χ0n) is 21.5. The molecule has 4 aromatic rings. The molecule has 0 atom stereocenters. The average Bonchev–Trinajstić information content (AvgIpc) is 3.33. The van der Waals surface area contributed by atoms with Gasteiger partial charge in [0.15, 0.2) is 10.2 Å². The number of hydrogen-bond acceptors (Lipinski definition) is 7. The molecule has 3 aromatic carbocycles. The number of aryl methyl sites for hydroxylation is 1. The zero-order valence-corrected chi connectivity index (χ0v) is 23.9. The van der Waals surface area contributed by atoms with Crippen LogP contribution < -0.4 is 19.9 Å². The lowest BCUT2D eigenvalue weighted by Crippen LogP contribution is -2.54. The highest BCUT2D eigenvalue weighted by Gasteiger charge is 2.35. The lowest BCUT2D eigenvalue weighted by atomic mass is 10.1. The number of halogens is 1. The highest BCUT2D eigenvalue weighted by Crippen LogP contribution is 2.33. The molecular weight excluding hydrogens is 564 g/mol. The number of aromatic nitrogens is 1. The second-order valence-corrected chi connectivity index (χ2v) is 10.8. The number of carbonyl (C=O) groups is 2. The number of para-hydroxylation sites is 1. The molecule has 2 heterocycles. The van der Waals surface area contributed by atoms with Crippen LogP contribution in [0.3, 0.4) is 0 Å². The third kappa shape index (κ3) is 6.39. The first-order valence-electron chi connectivity index (χ1n) is 12.5. The van der Waals surface area contributed by atoms with E-state index in [1.165, 1.54) is 27.9 Å². The van der Waals surface area contributed by atoms with Gasteiger partial charge in [0.2, 0.25) is 0 Å². The summed E-state index contributed by atoms with van der Waals surface area (Å²) in [6, 6.07) is 26.5. The number of carbonyl (C=O) groups excluding carboxylic acids is 2. The lowest BCUT2D eigenvalue weighted by Gasteiger charge is -2.28. The number of nitrogens with zero attached hydrogens (tertiary/aromatic N) is 3. The van der Waals surface area contributed by atoms with Crippen LogP contribution in [0.25, 0.3) is 6.08 Å². The van der Waals surface area contributed by atoms with E-state index >= 15 is 0 Å². The number of anilines is 2. The molecule has 1 N–H and O–H groups in total. The van der Waals surface area contributed by atoms with Crippen molar-refractivity contribution in [1.29, 1.82) is 0 Å². The van der Waals surface area contributed by atoms with Crippen LogP contribution in [0, 0.1) is 0 Å². The number of benzene rings is 3. The molecule has 5 rings (SSSR count). The Kier molecular flexibility index (Phi) is 8.54. The van der Waals surface area contributed by atoms with E-state index in [9.17, 15) is 9.59 Å². The van der Waals surface area contributed by atoms with Crippen LogP contribution in [-0.4, -0.2) is 35.5 Å². The molecule has 0 bridgehead atoms. The summed E-state index contributed by atoms with van der Waals surface area (Å²) >= 11 is 13.1. The van der Waals surface area contributed by atoms with Gasteiger partial charge in [-0.05, 0) is 73.1 Å². The molecule has 1 aliphatic rings. The summed E-state index contributed by atoms with van der Waals surface area (Å²) in [7, 11) is 1.95. The Morgan fingerprint density at radius 1 is 1.00 bits per heavy atom. The normalized spacial score (nSPS) is 14.4. The molecule has 0 unspecified atom stereocenters. The van der Waals surface area contributed by atoms with Gasteiger partial charge in [-0.15, -0.1) is 0 Å². The Morgan fingerprint density at radius 3 is 2.35 bits per heavy atom. The quantitative estimate of drug-likeness (QED) is 0.137. The van der Waals surface area contributed by atoms with Crippen molar-refractivity contribution < 1.29 is 14.3 Å². The largest absolute Gasteiger partial charge is 0.457 e. The monoisotopic (exact) mass is 588 g/mol. The van der Waals surface area contributed by atoms with Gasteiger partial charge >= 0.3 is 0 Å². The molecule has 2 amide bonds. The number of rotatable bonds is 9. The molecule has 1 aromatic heterocycles.